The number of carbonyl (C=O) groups is 1. The summed E-state index contributed by atoms with van der Waals surface area (Å²) in [5, 5.41) is 2.92. The van der Waals surface area contributed by atoms with E-state index in [0.29, 0.717) is 0 Å². The highest BCUT2D eigenvalue weighted by Crippen LogP contribution is 2.30. The Morgan fingerprint density at radius 1 is 1.11 bits per heavy atom. The van der Waals surface area contributed by atoms with Gasteiger partial charge in [-0.3, -0.25) is 4.79 Å². The third-order valence-electron chi connectivity index (χ3n) is 3.82. The highest BCUT2D eigenvalue weighted by Gasteiger charge is 2.40. The topological polar surface area (TPSA) is 58.4 Å². The minimum absolute atomic E-state index is 0.0717. The second-order valence-electron chi connectivity index (χ2n) is 6.24. The van der Waals surface area contributed by atoms with Gasteiger partial charge in [0.1, 0.15) is 0 Å². The molecule has 4 nitrogen and oxygen atoms in total. The average Bonchev–Trinajstić information content (AvgIpc) is 2.28. The maximum absolute atomic E-state index is 12.3. The summed E-state index contributed by atoms with van der Waals surface area (Å²) in [7, 11) is 3.96. The van der Waals surface area contributed by atoms with E-state index in [-0.39, 0.29) is 5.91 Å². The van der Waals surface area contributed by atoms with Crippen LogP contribution >= 0.6 is 0 Å². The predicted octanol–water partition coefficient (Wildman–Crippen LogP) is 2.45. The van der Waals surface area contributed by atoms with E-state index in [1.54, 1.807) is 0 Å². The number of hydrogen-bond donors (Lipinski definition) is 2. The van der Waals surface area contributed by atoms with Crippen LogP contribution in [0.15, 0.2) is 24.3 Å². The van der Waals surface area contributed by atoms with Crippen LogP contribution in [0.4, 0.5) is 11.4 Å². The van der Waals surface area contributed by atoms with E-state index in [2.05, 4.69) is 5.32 Å². The van der Waals surface area contributed by atoms with Gasteiger partial charge in [0.25, 0.3) is 0 Å². The largest absolute Gasteiger partial charge is 0.378 e. The molecule has 0 radical (unpaired) electrons. The van der Waals surface area contributed by atoms with Gasteiger partial charge >= 0.3 is 0 Å². The van der Waals surface area contributed by atoms with Crippen molar-refractivity contribution >= 4 is 17.3 Å². The molecule has 1 aromatic carbocycles. The summed E-state index contributed by atoms with van der Waals surface area (Å²) in [4.78, 5) is 14.3. The van der Waals surface area contributed by atoms with Crippen molar-refractivity contribution < 1.29 is 4.79 Å². The fraction of sp³-hybridized carbons (Fsp3) is 0.533. The summed E-state index contributed by atoms with van der Waals surface area (Å²) >= 11 is 0. The highest BCUT2D eigenvalue weighted by atomic mass is 16.2. The number of benzene rings is 1. The fourth-order valence-corrected chi connectivity index (χ4v) is 1.42. The molecule has 4 heteroatoms. The van der Waals surface area contributed by atoms with E-state index in [9.17, 15) is 4.79 Å². The van der Waals surface area contributed by atoms with Crippen molar-refractivity contribution in [1.29, 1.82) is 0 Å². The van der Waals surface area contributed by atoms with Crippen molar-refractivity contribution in [2.24, 2.45) is 11.1 Å². The smallest absolute Gasteiger partial charge is 0.231 e. The fourth-order valence-electron chi connectivity index (χ4n) is 1.42. The molecule has 0 bridgehead atoms. The van der Waals surface area contributed by atoms with E-state index < -0.39 is 11.0 Å². The summed E-state index contributed by atoms with van der Waals surface area (Å²) in [6, 6.07) is 7.73. The Morgan fingerprint density at radius 2 is 1.58 bits per heavy atom. The lowest BCUT2D eigenvalue weighted by molar-refractivity contribution is -0.126. The summed E-state index contributed by atoms with van der Waals surface area (Å²) < 4.78 is 0. The SMILES string of the molecule is CN(C)c1ccc(NC(=O)C(C)(C)C(C)(C)N)cc1. The molecule has 1 rings (SSSR count). The quantitative estimate of drug-likeness (QED) is 0.877. The zero-order valence-electron chi connectivity index (χ0n) is 12.7. The average molecular weight is 263 g/mol. The van der Waals surface area contributed by atoms with Crippen molar-refractivity contribution in [1.82, 2.24) is 0 Å². The van der Waals surface area contributed by atoms with Gasteiger partial charge in [0, 0.05) is 31.0 Å². The molecule has 0 saturated carbocycles. The number of nitrogens with zero attached hydrogens (tertiary/aromatic N) is 1. The second kappa shape index (κ2) is 5.21. The normalized spacial score (nSPS) is 12.2. The van der Waals surface area contributed by atoms with Gasteiger partial charge in [-0.2, -0.15) is 0 Å². The van der Waals surface area contributed by atoms with Crippen molar-refractivity contribution in [2.45, 2.75) is 33.2 Å². The van der Waals surface area contributed by atoms with Gasteiger partial charge in [-0.1, -0.05) is 0 Å². The van der Waals surface area contributed by atoms with Gasteiger partial charge in [-0.25, -0.2) is 0 Å². The van der Waals surface area contributed by atoms with Crippen LogP contribution in [0, 0.1) is 5.41 Å². The molecular formula is C15H25N3O. The molecule has 0 atom stereocenters. The Balaban J connectivity index is 2.83. The Morgan fingerprint density at radius 3 is 1.95 bits per heavy atom. The first-order chi connectivity index (χ1) is 8.55. The van der Waals surface area contributed by atoms with E-state index >= 15 is 0 Å². The van der Waals surface area contributed by atoms with E-state index in [1.807, 2.05) is 71.0 Å². The van der Waals surface area contributed by atoms with Crippen molar-refractivity contribution in [3.8, 4) is 0 Å². The van der Waals surface area contributed by atoms with Crippen LogP contribution in [-0.2, 0) is 4.79 Å². The van der Waals surface area contributed by atoms with E-state index in [4.69, 9.17) is 5.73 Å². The second-order valence-corrected chi connectivity index (χ2v) is 6.24. The molecule has 0 aliphatic carbocycles. The number of nitrogens with one attached hydrogen (secondary N) is 1. The highest BCUT2D eigenvalue weighted by molar-refractivity contribution is 5.95. The molecular weight excluding hydrogens is 238 g/mol. The maximum Gasteiger partial charge on any atom is 0.231 e. The first kappa shape index (κ1) is 15.5. The molecule has 3 N–H and O–H groups in total. The lowest BCUT2D eigenvalue weighted by atomic mass is 9.74. The van der Waals surface area contributed by atoms with Crippen LogP contribution in [0.1, 0.15) is 27.7 Å². The molecule has 0 aromatic heterocycles. The predicted molar refractivity (Wildman–Crippen MR) is 81.4 cm³/mol. The molecule has 0 heterocycles. The van der Waals surface area contributed by atoms with E-state index in [0.717, 1.165) is 11.4 Å². The molecule has 1 aromatic rings. The van der Waals surface area contributed by atoms with Crippen LogP contribution in [0.5, 0.6) is 0 Å². The van der Waals surface area contributed by atoms with Crippen LogP contribution in [0.25, 0.3) is 0 Å². The van der Waals surface area contributed by atoms with Gasteiger partial charge in [0.2, 0.25) is 5.91 Å². The first-order valence-corrected chi connectivity index (χ1v) is 6.43. The van der Waals surface area contributed by atoms with Crippen LogP contribution in [-0.4, -0.2) is 25.5 Å². The number of amides is 1. The van der Waals surface area contributed by atoms with Gasteiger partial charge in [0.05, 0.1) is 5.41 Å². The van der Waals surface area contributed by atoms with Crippen molar-refractivity contribution in [3.63, 3.8) is 0 Å². The Labute approximate surface area is 116 Å². The van der Waals surface area contributed by atoms with Gasteiger partial charge in [0.15, 0.2) is 0 Å². The molecule has 0 saturated heterocycles. The summed E-state index contributed by atoms with van der Waals surface area (Å²) in [6.45, 7) is 7.44. The minimum atomic E-state index is -0.646. The zero-order chi connectivity index (χ0) is 14.8. The van der Waals surface area contributed by atoms with Gasteiger partial charge in [-0.05, 0) is 52.0 Å². The Hall–Kier alpha value is -1.55. The molecule has 0 unspecified atom stereocenters. The number of carbonyl (C=O) groups excluding carboxylic acids is 1. The number of nitrogens with two attached hydrogens (primary N) is 1. The number of hydrogen-bond acceptors (Lipinski definition) is 3. The molecule has 0 aliphatic heterocycles. The molecule has 19 heavy (non-hydrogen) atoms. The molecule has 1 amide bonds. The summed E-state index contributed by atoms with van der Waals surface area (Å²) in [6.07, 6.45) is 0. The lowest BCUT2D eigenvalue weighted by Gasteiger charge is -2.36. The summed E-state index contributed by atoms with van der Waals surface area (Å²) in [5.41, 5.74) is 6.71. The molecule has 106 valence electrons. The Kier molecular flexibility index (Phi) is 4.25. The van der Waals surface area contributed by atoms with Crippen LogP contribution in [0.2, 0.25) is 0 Å². The maximum atomic E-state index is 12.3. The third-order valence-corrected chi connectivity index (χ3v) is 3.82. The third kappa shape index (κ3) is 3.47. The standard InChI is InChI=1S/C15H25N3O/c1-14(2,15(3,4)16)13(19)17-11-7-9-12(10-8-11)18(5)6/h7-10H,16H2,1-6H3,(H,17,19). The molecule has 0 fully saturated rings. The number of rotatable bonds is 4. The van der Waals surface area contributed by atoms with Crippen molar-refractivity contribution in [2.75, 3.05) is 24.3 Å². The van der Waals surface area contributed by atoms with Crippen molar-refractivity contribution in [3.05, 3.63) is 24.3 Å². The first-order valence-electron chi connectivity index (χ1n) is 6.43. The van der Waals surface area contributed by atoms with Gasteiger partial charge < -0.3 is 16.0 Å². The lowest BCUT2D eigenvalue weighted by Crippen LogP contribution is -2.53. The molecule has 0 spiro atoms. The zero-order valence-corrected chi connectivity index (χ0v) is 12.7. The van der Waals surface area contributed by atoms with Crippen LogP contribution in [0.3, 0.4) is 0 Å². The number of anilines is 2. The monoisotopic (exact) mass is 263 g/mol. The van der Waals surface area contributed by atoms with Gasteiger partial charge in [-0.15, -0.1) is 0 Å². The minimum Gasteiger partial charge on any atom is -0.378 e. The Bertz CT molecular complexity index is 441. The van der Waals surface area contributed by atoms with E-state index in [1.165, 1.54) is 0 Å². The van der Waals surface area contributed by atoms with Crippen LogP contribution < -0.4 is 16.0 Å². The molecule has 0 aliphatic rings. The summed E-state index contributed by atoms with van der Waals surface area (Å²) in [5.74, 6) is -0.0717.